The maximum atomic E-state index is 12.8. The summed E-state index contributed by atoms with van der Waals surface area (Å²) in [5, 5.41) is 0. The second kappa shape index (κ2) is 4.61. The number of anilines is 1. The van der Waals surface area contributed by atoms with Gasteiger partial charge in [0.15, 0.2) is 0 Å². The zero-order chi connectivity index (χ0) is 11.4. The third-order valence-corrected chi connectivity index (χ3v) is 2.05. The van der Waals surface area contributed by atoms with Crippen LogP contribution in [-0.4, -0.2) is 4.98 Å². The summed E-state index contributed by atoms with van der Waals surface area (Å²) in [7, 11) is 0. The quantitative estimate of drug-likeness (QED) is 0.804. The van der Waals surface area contributed by atoms with Crippen LogP contribution in [0.1, 0.15) is 5.56 Å². The fraction of sp³-hybridized carbons (Fsp3) is 0.0833. The highest BCUT2D eigenvalue weighted by molar-refractivity contribution is 5.41. The topological polar surface area (TPSA) is 48.1 Å². The average molecular weight is 218 g/mol. The standard InChI is InChI=1S/C12H11FN2O/c13-10-5-9(6-15-7-10)8-16-12-3-1-11(14)2-4-12/h1-7H,8,14H2. The molecule has 0 saturated heterocycles. The van der Waals surface area contributed by atoms with E-state index in [0.717, 1.165) is 6.20 Å². The van der Waals surface area contributed by atoms with E-state index in [1.165, 1.54) is 6.07 Å². The van der Waals surface area contributed by atoms with Crippen LogP contribution < -0.4 is 10.5 Å². The SMILES string of the molecule is Nc1ccc(OCc2cncc(F)c2)cc1. The summed E-state index contributed by atoms with van der Waals surface area (Å²) in [5.74, 6) is 0.330. The molecular formula is C12H11FN2O. The molecule has 0 aliphatic rings. The third kappa shape index (κ3) is 2.70. The second-order valence-electron chi connectivity index (χ2n) is 3.37. The van der Waals surface area contributed by atoms with Gasteiger partial charge in [0.1, 0.15) is 18.2 Å². The van der Waals surface area contributed by atoms with Crippen molar-refractivity contribution in [2.45, 2.75) is 6.61 Å². The number of halogens is 1. The van der Waals surface area contributed by atoms with Crippen LogP contribution in [0.5, 0.6) is 5.75 Å². The van der Waals surface area contributed by atoms with Crippen LogP contribution in [0, 0.1) is 5.82 Å². The van der Waals surface area contributed by atoms with Crippen LogP contribution in [0.25, 0.3) is 0 Å². The lowest BCUT2D eigenvalue weighted by atomic mass is 10.3. The molecule has 0 spiro atoms. The van der Waals surface area contributed by atoms with Crippen molar-refractivity contribution in [3.05, 3.63) is 54.1 Å². The van der Waals surface area contributed by atoms with E-state index >= 15 is 0 Å². The number of aromatic nitrogens is 1. The van der Waals surface area contributed by atoms with Gasteiger partial charge in [0, 0.05) is 17.4 Å². The summed E-state index contributed by atoms with van der Waals surface area (Å²) >= 11 is 0. The molecule has 82 valence electrons. The van der Waals surface area contributed by atoms with Crippen molar-refractivity contribution in [2.24, 2.45) is 0 Å². The first-order chi connectivity index (χ1) is 7.74. The molecule has 1 aromatic carbocycles. The lowest BCUT2D eigenvalue weighted by Gasteiger charge is -2.05. The van der Waals surface area contributed by atoms with E-state index in [2.05, 4.69) is 4.98 Å². The molecule has 2 aromatic rings. The molecule has 0 aliphatic heterocycles. The van der Waals surface area contributed by atoms with Crippen LogP contribution in [-0.2, 0) is 6.61 Å². The van der Waals surface area contributed by atoms with Gasteiger partial charge in [-0.05, 0) is 30.3 Å². The summed E-state index contributed by atoms with van der Waals surface area (Å²) in [6, 6.07) is 8.42. The molecule has 1 heterocycles. The number of benzene rings is 1. The van der Waals surface area contributed by atoms with E-state index in [-0.39, 0.29) is 12.4 Å². The van der Waals surface area contributed by atoms with E-state index in [4.69, 9.17) is 10.5 Å². The Labute approximate surface area is 92.7 Å². The molecule has 1 aromatic heterocycles. The first-order valence-electron chi connectivity index (χ1n) is 4.82. The van der Waals surface area contributed by atoms with Crippen LogP contribution in [0.3, 0.4) is 0 Å². The molecular weight excluding hydrogens is 207 g/mol. The number of hydrogen-bond donors (Lipinski definition) is 1. The third-order valence-electron chi connectivity index (χ3n) is 2.05. The highest BCUT2D eigenvalue weighted by Crippen LogP contribution is 2.14. The molecule has 0 atom stereocenters. The first kappa shape index (κ1) is 10.4. The summed E-state index contributed by atoms with van der Waals surface area (Å²) in [5.41, 5.74) is 6.91. The number of pyridine rings is 1. The van der Waals surface area contributed by atoms with Gasteiger partial charge in [-0.25, -0.2) is 4.39 Å². The molecule has 0 aliphatic carbocycles. The van der Waals surface area contributed by atoms with E-state index in [1.807, 2.05) is 0 Å². The van der Waals surface area contributed by atoms with Gasteiger partial charge in [-0.15, -0.1) is 0 Å². The Morgan fingerprint density at radius 3 is 2.62 bits per heavy atom. The van der Waals surface area contributed by atoms with E-state index in [9.17, 15) is 4.39 Å². The van der Waals surface area contributed by atoms with E-state index < -0.39 is 0 Å². The maximum Gasteiger partial charge on any atom is 0.141 e. The van der Waals surface area contributed by atoms with Gasteiger partial charge < -0.3 is 10.5 Å². The van der Waals surface area contributed by atoms with Crippen molar-refractivity contribution >= 4 is 5.69 Å². The predicted octanol–water partition coefficient (Wildman–Crippen LogP) is 2.38. The van der Waals surface area contributed by atoms with Gasteiger partial charge in [-0.1, -0.05) is 0 Å². The molecule has 0 radical (unpaired) electrons. The van der Waals surface area contributed by atoms with Crippen LogP contribution in [0.4, 0.5) is 10.1 Å². The molecule has 0 unspecified atom stereocenters. The average Bonchev–Trinajstić information content (AvgIpc) is 2.28. The lowest BCUT2D eigenvalue weighted by Crippen LogP contribution is -1.97. The van der Waals surface area contributed by atoms with Crippen molar-refractivity contribution in [3.8, 4) is 5.75 Å². The largest absolute Gasteiger partial charge is 0.489 e. The summed E-state index contributed by atoms with van der Waals surface area (Å²) in [6.45, 7) is 0.286. The van der Waals surface area contributed by atoms with Gasteiger partial charge in [0.25, 0.3) is 0 Å². The Balaban J connectivity index is 1.99. The molecule has 0 bridgehead atoms. The van der Waals surface area contributed by atoms with Crippen LogP contribution in [0.15, 0.2) is 42.7 Å². The van der Waals surface area contributed by atoms with Crippen molar-refractivity contribution < 1.29 is 9.13 Å². The fourth-order valence-corrected chi connectivity index (χ4v) is 1.27. The number of rotatable bonds is 3. The molecule has 2 N–H and O–H groups in total. The lowest BCUT2D eigenvalue weighted by molar-refractivity contribution is 0.305. The summed E-state index contributed by atoms with van der Waals surface area (Å²) in [4.78, 5) is 3.74. The molecule has 0 fully saturated rings. The van der Waals surface area contributed by atoms with Gasteiger partial charge in [0.05, 0.1) is 6.20 Å². The minimum atomic E-state index is -0.363. The summed E-state index contributed by atoms with van der Waals surface area (Å²) in [6.07, 6.45) is 2.73. The molecule has 16 heavy (non-hydrogen) atoms. The van der Waals surface area contributed by atoms with Crippen LogP contribution in [0.2, 0.25) is 0 Å². The van der Waals surface area contributed by atoms with Gasteiger partial charge in [-0.2, -0.15) is 0 Å². The van der Waals surface area contributed by atoms with Gasteiger partial charge >= 0.3 is 0 Å². The molecule has 3 nitrogen and oxygen atoms in total. The Morgan fingerprint density at radius 2 is 1.94 bits per heavy atom. The second-order valence-corrected chi connectivity index (χ2v) is 3.37. The molecule has 2 rings (SSSR count). The Kier molecular flexibility index (Phi) is 3.00. The van der Waals surface area contributed by atoms with E-state index in [0.29, 0.717) is 17.0 Å². The van der Waals surface area contributed by atoms with Crippen molar-refractivity contribution in [1.82, 2.24) is 4.98 Å². The number of nitrogens with zero attached hydrogens (tertiary/aromatic N) is 1. The smallest absolute Gasteiger partial charge is 0.141 e. The number of nitrogens with two attached hydrogens (primary N) is 1. The zero-order valence-corrected chi connectivity index (χ0v) is 8.56. The maximum absolute atomic E-state index is 12.8. The zero-order valence-electron chi connectivity index (χ0n) is 8.56. The molecule has 0 amide bonds. The molecule has 0 saturated carbocycles. The predicted molar refractivity (Wildman–Crippen MR) is 59.4 cm³/mol. The monoisotopic (exact) mass is 218 g/mol. The Hall–Kier alpha value is -2.10. The summed E-state index contributed by atoms with van der Waals surface area (Å²) < 4.78 is 18.3. The van der Waals surface area contributed by atoms with E-state index in [1.54, 1.807) is 30.5 Å². The van der Waals surface area contributed by atoms with Crippen molar-refractivity contribution in [2.75, 3.05) is 5.73 Å². The Morgan fingerprint density at radius 1 is 1.19 bits per heavy atom. The highest BCUT2D eigenvalue weighted by atomic mass is 19.1. The minimum absolute atomic E-state index is 0.286. The van der Waals surface area contributed by atoms with Crippen molar-refractivity contribution in [1.29, 1.82) is 0 Å². The number of nitrogen functional groups attached to an aromatic ring is 1. The minimum Gasteiger partial charge on any atom is -0.489 e. The molecule has 4 heteroatoms. The van der Waals surface area contributed by atoms with Crippen LogP contribution >= 0.6 is 0 Å². The number of hydrogen-bond acceptors (Lipinski definition) is 3. The highest BCUT2D eigenvalue weighted by Gasteiger charge is 1.98. The van der Waals surface area contributed by atoms with Crippen molar-refractivity contribution in [3.63, 3.8) is 0 Å². The number of ether oxygens (including phenoxy) is 1. The van der Waals surface area contributed by atoms with Gasteiger partial charge in [-0.3, -0.25) is 4.98 Å². The Bertz CT molecular complexity index is 471. The van der Waals surface area contributed by atoms with Gasteiger partial charge in [0.2, 0.25) is 0 Å². The fourth-order valence-electron chi connectivity index (χ4n) is 1.27. The normalized spacial score (nSPS) is 10.1. The first-order valence-corrected chi connectivity index (χ1v) is 4.82.